The summed E-state index contributed by atoms with van der Waals surface area (Å²) in [5.41, 5.74) is 0.456. The van der Waals surface area contributed by atoms with E-state index in [1.807, 2.05) is 0 Å². The first-order valence-corrected chi connectivity index (χ1v) is 7.31. The van der Waals surface area contributed by atoms with E-state index in [0.717, 1.165) is 12.1 Å². The third-order valence-electron chi connectivity index (χ3n) is 3.59. The van der Waals surface area contributed by atoms with Crippen LogP contribution in [0.1, 0.15) is 21.7 Å². The van der Waals surface area contributed by atoms with Gasteiger partial charge in [0.05, 0.1) is 10.6 Å². The predicted molar refractivity (Wildman–Crippen MR) is 85.4 cm³/mol. The first-order chi connectivity index (χ1) is 11.3. The van der Waals surface area contributed by atoms with Gasteiger partial charge in [0.25, 0.3) is 5.91 Å². The largest absolute Gasteiger partial charge is 0.449 e. The average Bonchev–Trinajstić information content (AvgIpc) is 2.86. The maximum absolute atomic E-state index is 12.5. The topological polar surface area (TPSA) is 42.2 Å². The molecule has 0 aliphatic heterocycles. The van der Waals surface area contributed by atoms with Gasteiger partial charge in [0.1, 0.15) is 0 Å². The first-order valence-electron chi connectivity index (χ1n) is 6.93. The maximum atomic E-state index is 12.5. The minimum absolute atomic E-state index is 0.0676. The minimum atomic E-state index is -4.42. The van der Waals surface area contributed by atoms with Crippen molar-refractivity contribution in [3.05, 3.63) is 64.4 Å². The van der Waals surface area contributed by atoms with Gasteiger partial charge >= 0.3 is 6.18 Å². The van der Waals surface area contributed by atoms with E-state index in [1.165, 1.54) is 12.1 Å². The molecule has 1 heterocycles. The maximum Gasteiger partial charge on any atom is 0.416 e. The molecular weight excluding hydrogens is 343 g/mol. The summed E-state index contributed by atoms with van der Waals surface area (Å²) in [6, 6.07) is 9.33. The Balaban J connectivity index is 1.88. The fraction of sp³-hybridized carbons (Fsp3) is 0.118. The summed E-state index contributed by atoms with van der Waals surface area (Å²) in [6.07, 6.45) is -4.42. The number of halogens is 4. The number of benzene rings is 2. The highest BCUT2D eigenvalue weighted by molar-refractivity contribution is 6.35. The van der Waals surface area contributed by atoms with Crippen LogP contribution in [0.2, 0.25) is 5.02 Å². The Morgan fingerprint density at radius 2 is 1.79 bits per heavy atom. The van der Waals surface area contributed by atoms with Crippen molar-refractivity contribution >= 4 is 34.2 Å². The summed E-state index contributed by atoms with van der Waals surface area (Å²) in [4.78, 5) is 12.3. The molecule has 1 amide bonds. The molecule has 3 rings (SSSR count). The molecule has 0 radical (unpaired) electrons. The van der Waals surface area contributed by atoms with Crippen molar-refractivity contribution < 1.29 is 22.4 Å². The van der Waals surface area contributed by atoms with E-state index in [0.29, 0.717) is 21.6 Å². The van der Waals surface area contributed by atoms with Crippen LogP contribution in [-0.2, 0) is 6.18 Å². The molecule has 3 aromatic rings. The molecule has 124 valence electrons. The van der Waals surface area contributed by atoms with Crippen molar-refractivity contribution in [1.29, 1.82) is 0 Å². The van der Waals surface area contributed by atoms with Gasteiger partial charge in [-0.25, -0.2) is 0 Å². The van der Waals surface area contributed by atoms with Crippen molar-refractivity contribution in [2.45, 2.75) is 13.1 Å². The lowest BCUT2D eigenvalue weighted by Gasteiger charge is -2.08. The minimum Gasteiger partial charge on any atom is -0.449 e. The van der Waals surface area contributed by atoms with Crippen LogP contribution in [-0.4, -0.2) is 5.91 Å². The number of hydrogen-bond acceptors (Lipinski definition) is 2. The molecule has 24 heavy (non-hydrogen) atoms. The summed E-state index contributed by atoms with van der Waals surface area (Å²) in [7, 11) is 0. The number of hydrogen-bond donors (Lipinski definition) is 1. The van der Waals surface area contributed by atoms with Gasteiger partial charge in [0.2, 0.25) is 0 Å². The first kappa shape index (κ1) is 16.4. The van der Waals surface area contributed by atoms with Crippen molar-refractivity contribution in [2.24, 2.45) is 0 Å². The zero-order valence-electron chi connectivity index (χ0n) is 12.4. The third kappa shape index (κ3) is 2.97. The molecular formula is C17H11ClF3NO2. The smallest absolute Gasteiger partial charge is 0.416 e. The highest BCUT2D eigenvalue weighted by Crippen LogP contribution is 2.32. The van der Waals surface area contributed by atoms with Crippen LogP contribution in [0, 0.1) is 6.92 Å². The number of fused-ring (bicyclic) bond motifs is 1. The second-order valence-corrected chi connectivity index (χ2v) is 5.61. The Morgan fingerprint density at radius 1 is 1.12 bits per heavy atom. The normalized spacial score (nSPS) is 11.7. The lowest BCUT2D eigenvalue weighted by Crippen LogP contribution is -2.12. The van der Waals surface area contributed by atoms with Crippen LogP contribution >= 0.6 is 11.6 Å². The molecule has 1 aromatic heterocycles. The van der Waals surface area contributed by atoms with Gasteiger partial charge in [-0.3, -0.25) is 4.79 Å². The Morgan fingerprint density at radius 3 is 2.38 bits per heavy atom. The molecule has 3 nitrogen and oxygen atoms in total. The number of nitrogens with one attached hydrogen (secondary N) is 1. The molecule has 0 unspecified atom stereocenters. The van der Waals surface area contributed by atoms with Crippen molar-refractivity contribution in [2.75, 3.05) is 5.32 Å². The summed E-state index contributed by atoms with van der Waals surface area (Å²) in [5.74, 6) is -0.488. The molecule has 0 atom stereocenters. The second kappa shape index (κ2) is 5.87. The van der Waals surface area contributed by atoms with E-state index in [9.17, 15) is 18.0 Å². The van der Waals surface area contributed by atoms with Crippen molar-refractivity contribution in [3.8, 4) is 0 Å². The molecule has 2 aromatic carbocycles. The van der Waals surface area contributed by atoms with Crippen LogP contribution in [0.15, 0.2) is 46.9 Å². The van der Waals surface area contributed by atoms with Gasteiger partial charge in [-0.15, -0.1) is 0 Å². The highest BCUT2D eigenvalue weighted by atomic mass is 35.5. The fourth-order valence-electron chi connectivity index (χ4n) is 2.36. The number of rotatable bonds is 2. The second-order valence-electron chi connectivity index (χ2n) is 5.20. The quantitative estimate of drug-likeness (QED) is 0.645. The highest BCUT2D eigenvalue weighted by Gasteiger charge is 2.30. The van der Waals surface area contributed by atoms with E-state index in [2.05, 4.69) is 5.32 Å². The van der Waals surface area contributed by atoms with Gasteiger partial charge in [-0.05, 0) is 37.3 Å². The fourth-order valence-corrected chi connectivity index (χ4v) is 2.57. The lowest BCUT2D eigenvalue weighted by molar-refractivity contribution is -0.137. The SMILES string of the molecule is Cc1c(C(=O)Nc2ccc(C(F)(F)F)cc2)oc2c(Cl)cccc12. The lowest BCUT2D eigenvalue weighted by atomic mass is 10.1. The Bertz CT molecular complexity index is 914. The van der Waals surface area contributed by atoms with Crippen molar-refractivity contribution in [1.82, 2.24) is 0 Å². The number of alkyl halides is 3. The van der Waals surface area contributed by atoms with Crippen LogP contribution in [0.3, 0.4) is 0 Å². The molecule has 0 aliphatic carbocycles. The summed E-state index contributed by atoms with van der Waals surface area (Å²) < 4.78 is 43.1. The molecule has 7 heteroatoms. The number of para-hydroxylation sites is 1. The third-order valence-corrected chi connectivity index (χ3v) is 3.89. The summed E-state index contributed by atoms with van der Waals surface area (Å²) in [6.45, 7) is 1.71. The van der Waals surface area contributed by atoms with Crippen LogP contribution in [0.5, 0.6) is 0 Å². The number of furan rings is 1. The van der Waals surface area contributed by atoms with E-state index in [-0.39, 0.29) is 11.4 Å². The number of anilines is 1. The van der Waals surface area contributed by atoms with E-state index >= 15 is 0 Å². The number of amides is 1. The van der Waals surface area contributed by atoms with Gasteiger partial charge in [0, 0.05) is 16.6 Å². The average molecular weight is 354 g/mol. The van der Waals surface area contributed by atoms with Crippen molar-refractivity contribution in [3.63, 3.8) is 0 Å². The molecule has 0 bridgehead atoms. The monoisotopic (exact) mass is 353 g/mol. The van der Waals surface area contributed by atoms with Crippen LogP contribution in [0.25, 0.3) is 11.0 Å². The van der Waals surface area contributed by atoms with Crippen LogP contribution in [0.4, 0.5) is 18.9 Å². The Kier molecular flexibility index (Phi) is 4.01. The number of carbonyl (C=O) groups is 1. The van der Waals surface area contributed by atoms with Crippen LogP contribution < -0.4 is 5.32 Å². The molecule has 0 aliphatic rings. The van der Waals surface area contributed by atoms with Gasteiger partial charge < -0.3 is 9.73 Å². The number of aryl methyl sites for hydroxylation is 1. The van der Waals surface area contributed by atoms with Gasteiger partial charge in [0.15, 0.2) is 11.3 Å². The Labute approximate surface area is 140 Å². The van der Waals surface area contributed by atoms with E-state index in [4.69, 9.17) is 16.0 Å². The standard InChI is InChI=1S/C17H11ClF3NO2/c1-9-12-3-2-4-13(18)15(12)24-14(9)16(23)22-11-7-5-10(6-8-11)17(19,20)21/h2-8H,1H3,(H,22,23). The van der Waals surface area contributed by atoms with Gasteiger partial charge in [-0.1, -0.05) is 23.7 Å². The molecule has 0 spiro atoms. The molecule has 0 saturated heterocycles. The molecule has 0 saturated carbocycles. The predicted octanol–water partition coefficient (Wildman–Crippen LogP) is 5.67. The number of carbonyl (C=O) groups excluding carboxylic acids is 1. The molecule has 0 fully saturated rings. The summed E-state index contributed by atoms with van der Waals surface area (Å²) >= 11 is 6.04. The van der Waals surface area contributed by atoms with E-state index < -0.39 is 17.6 Å². The zero-order chi connectivity index (χ0) is 17.5. The van der Waals surface area contributed by atoms with Gasteiger partial charge in [-0.2, -0.15) is 13.2 Å². The zero-order valence-corrected chi connectivity index (χ0v) is 13.1. The van der Waals surface area contributed by atoms with E-state index in [1.54, 1.807) is 25.1 Å². The Hall–Kier alpha value is -2.47. The summed E-state index contributed by atoms with van der Waals surface area (Å²) in [5, 5.41) is 3.60. The molecule has 1 N–H and O–H groups in total.